The number of hydrogen-bond donors (Lipinski definition) is 0. The molecule has 2 fully saturated rings. The zero-order valence-corrected chi connectivity index (χ0v) is 14.7. The number of rotatable bonds is 3. The van der Waals surface area contributed by atoms with Gasteiger partial charge in [-0.15, -0.1) is 0 Å². The number of urea groups is 1. The van der Waals surface area contributed by atoms with Crippen molar-refractivity contribution in [3.05, 3.63) is 35.9 Å². The number of amides is 4. The Morgan fingerprint density at radius 2 is 1.68 bits per heavy atom. The number of likely N-dealkylation sites (N-methyl/N-ethyl adjacent to an activating group) is 1. The second-order valence-electron chi connectivity index (χ2n) is 6.74. The third-order valence-electron chi connectivity index (χ3n) is 5.17. The van der Waals surface area contributed by atoms with E-state index < -0.39 is 11.8 Å². The largest absolute Gasteiger partial charge is 0.333 e. The van der Waals surface area contributed by atoms with Crippen molar-refractivity contribution < 1.29 is 14.4 Å². The molecule has 0 bridgehead atoms. The summed E-state index contributed by atoms with van der Waals surface area (Å²) in [7, 11) is 0. The van der Waals surface area contributed by atoms with E-state index in [-0.39, 0.29) is 6.03 Å². The topological polar surface area (TPSA) is 60.9 Å². The van der Waals surface area contributed by atoms with Gasteiger partial charge in [0.1, 0.15) is 0 Å². The molecule has 0 saturated carbocycles. The Morgan fingerprint density at radius 1 is 1.00 bits per heavy atom. The number of nitrogens with zero attached hydrogens (tertiary/aromatic N) is 3. The van der Waals surface area contributed by atoms with Crippen LogP contribution >= 0.6 is 0 Å². The highest BCUT2D eigenvalue weighted by Crippen LogP contribution is 2.23. The fourth-order valence-electron chi connectivity index (χ4n) is 3.61. The molecule has 2 saturated heterocycles. The Bertz CT molecular complexity index is 639. The van der Waals surface area contributed by atoms with Gasteiger partial charge in [0.2, 0.25) is 0 Å². The Labute approximate surface area is 148 Å². The second-order valence-corrected chi connectivity index (χ2v) is 6.74. The molecule has 134 valence electrons. The van der Waals surface area contributed by atoms with E-state index in [1.54, 1.807) is 4.90 Å². The number of imide groups is 1. The molecule has 0 unspecified atom stereocenters. The zero-order valence-electron chi connectivity index (χ0n) is 14.7. The standard InChI is InChI=1S/C19H25N3O3/c1-2-20-12-13-22(18(24)17(20)23)19(25)21-10-8-16(9-11-21)14-15-6-4-3-5-7-15/h3-7,16H,2,8-14H2,1H3. The smallest absolute Gasteiger partial charge is 0.327 e. The van der Waals surface area contributed by atoms with Crippen LogP contribution in [-0.2, 0) is 16.0 Å². The van der Waals surface area contributed by atoms with Crippen molar-refractivity contribution in [1.82, 2.24) is 14.7 Å². The average molecular weight is 343 g/mol. The van der Waals surface area contributed by atoms with Gasteiger partial charge in [0.05, 0.1) is 0 Å². The van der Waals surface area contributed by atoms with Crippen molar-refractivity contribution in [3.63, 3.8) is 0 Å². The summed E-state index contributed by atoms with van der Waals surface area (Å²) in [6, 6.07) is 10.1. The zero-order chi connectivity index (χ0) is 17.8. The first-order valence-electron chi connectivity index (χ1n) is 9.03. The lowest BCUT2D eigenvalue weighted by atomic mass is 9.90. The molecule has 0 atom stereocenters. The number of carbonyl (C=O) groups excluding carboxylic acids is 3. The molecule has 2 aliphatic heterocycles. The van der Waals surface area contributed by atoms with Crippen molar-refractivity contribution in [2.24, 2.45) is 5.92 Å². The monoisotopic (exact) mass is 343 g/mol. The van der Waals surface area contributed by atoms with E-state index in [1.165, 1.54) is 10.5 Å². The summed E-state index contributed by atoms with van der Waals surface area (Å²) < 4.78 is 0. The Hall–Kier alpha value is -2.37. The molecule has 25 heavy (non-hydrogen) atoms. The number of likely N-dealkylation sites (tertiary alicyclic amines) is 1. The minimum absolute atomic E-state index is 0.293. The number of hydrogen-bond acceptors (Lipinski definition) is 3. The van der Waals surface area contributed by atoms with E-state index >= 15 is 0 Å². The Morgan fingerprint density at radius 3 is 2.32 bits per heavy atom. The summed E-state index contributed by atoms with van der Waals surface area (Å²) in [6.07, 6.45) is 2.88. The molecule has 0 spiro atoms. The first-order chi connectivity index (χ1) is 12.1. The van der Waals surface area contributed by atoms with Crippen LogP contribution in [0.3, 0.4) is 0 Å². The van der Waals surface area contributed by atoms with Gasteiger partial charge in [-0.25, -0.2) is 4.79 Å². The molecule has 6 nitrogen and oxygen atoms in total. The number of benzene rings is 1. The van der Waals surface area contributed by atoms with Gasteiger partial charge >= 0.3 is 17.8 Å². The van der Waals surface area contributed by atoms with E-state index in [0.717, 1.165) is 24.2 Å². The van der Waals surface area contributed by atoms with Crippen LogP contribution in [0.1, 0.15) is 25.3 Å². The van der Waals surface area contributed by atoms with Crippen LogP contribution in [0, 0.1) is 5.92 Å². The molecule has 4 amide bonds. The fourth-order valence-corrected chi connectivity index (χ4v) is 3.61. The number of piperidine rings is 1. The van der Waals surface area contributed by atoms with Crippen LogP contribution in [0.2, 0.25) is 0 Å². The highest BCUT2D eigenvalue weighted by atomic mass is 16.2. The van der Waals surface area contributed by atoms with E-state index in [1.807, 2.05) is 25.1 Å². The molecule has 2 heterocycles. The van der Waals surface area contributed by atoms with Crippen LogP contribution in [0.4, 0.5) is 4.79 Å². The van der Waals surface area contributed by atoms with E-state index in [4.69, 9.17) is 0 Å². The van der Waals surface area contributed by atoms with Crippen molar-refractivity contribution in [1.29, 1.82) is 0 Å². The molecule has 2 aliphatic rings. The van der Waals surface area contributed by atoms with Gasteiger partial charge < -0.3 is 9.80 Å². The SMILES string of the molecule is CCN1CCN(C(=O)N2CCC(Cc3ccccc3)CC2)C(=O)C1=O. The van der Waals surface area contributed by atoms with Gasteiger partial charge in [0.15, 0.2) is 0 Å². The van der Waals surface area contributed by atoms with Gasteiger partial charge in [-0.3, -0.25) is 14.5 Å². The Balaban J connectivity index is 1.53. The van der Waals surface area contributed by atoms with Crippen molar-refractivity contribution in [3.8, 4) is 0 Å². The second kappa shape index (κ2) is 7.68. The van der Waals surface area contributed by atoms with E-state index in [9.17, 15) is 14.4 Å². The molecule has 0 N–H and O–H groups in total. The molecule has 0 aliphatic carbocycles. The minimum Gasteiger partial charge on any atom is -0.333 e. The third kappa shape index (κ3) is 3.83. The first kappa shape index (κ1) is 17.5. The van der Waals surface area contributed by atoms with Crippen LogP contribution in [0.25, 0.3) is 0 Å². The molecular weight excluding hydrogens is 318 g/mol. The molecule has 1 aromatic rings. The van der Waals surface area contributed by atoms with E-state index in [2.05, 4.69) is 12.1 Å². The minimum atomic E-state index is -0.690. The molecular formula is C19H25N3O3. The highest BCUT2D eigenvalue weighted by molar-refractivity contribution is 6.38. The average Bonchev–Trinajstić information content (AvgIpc) is 2.65. The maximum Gasteiger partial charge on any atom is 0.327 e. The predicted molar refractivity (Wildman–Crippen MR) is 93.8 cm³/mol. The Kier molecular flexibility index (Phi) is 5.36. The first-order valence-corrected chi connectivity index (χ1v) is 9.03. The lowest BCUT2D eigenvalue weighted by molar-refractivity contribution is -0.154. The maximum atomic E-state index is 12.6. The predicted octanol–water partition coefficient (Wildman–Crippen LogP) is 1.75. The summed E-state index contributed by atoms with van der Waals surface area (Å²) in [5, 5.41) is 0. The quantitative estimate of drug-likeness (QED) is 0.786. The third-order valence-corrected chi connectivity index (χ3v) is 5.17. The van der Waals surface area contributed by atoms with Crippen molar-refractivity contribution >= 4 is 17.8 Å². The molecule has 3 rings (SSSR count). The van der Waals surface area contributed by atoms with Crippen molar-refractivity contribution in [2.75, 3.05) is 32.7 Å². The lowest BCUT2D eigenvalue weighted by Crippen LogP contribution is -2.59. The molecule has 0 aromatic heterocycles. The van der Waals surface area contributed by atoms with Crippen molar-refractivity contribution in [2.45, 2.75) is 26.2 Å². The summed E-state index contributed by atoms with van der Waals surface area (Å²) in [5.74, 6) is -0.703. The summed E-state index contributed by atoms with van der Waals surface area (Å²) in [5.41, 5.74) is 1.32. The summed E-state index contributed by atoms with van der Waals surface area (Å²) in [4.78, 5) is 41.1. The molecule has 0 radical (unpaired) electrons. The van der Waals surface area contributed by atoms with Gasteiger partial charge in [-0.05, 0) is 37.7 Å². The number of carbonyl (C=O) groups is 3. The molecule has 1 aromatic carbocycles. The van der Waals surface area contributed by atoms with Crippen LogP contribution < -0.4 is 0 Å². The van der Waals surface area contributed by atoms with Crippen LogP contribution in [-0.4, -0.2) is 65.3 Å². The fraction of sp³-hybridized carbons (Fsp3) is 0.526. The highest BCUT2D eigenvalue weighted by Gasteiger charge is 2.38. The van der Waals surface area contributed by atoms with Gasteiger partial charge in [-0.1, -0.05) is 30.3 Å². The van der Waals surface area contributed by atoms with Crippen LogP contribution in [0.15, 0.2) is 30.3 Å². The molecule has 6 heteroatoms. The maximum absolute atomic E-state index is 12.6. The summed E-state index contributed by atoms with van der Waals surface area (Å²) >= 11 is 0. The normalized spacial score (nSPS) is 19.5. The number of piperazine rings is 1. The van der Waals surface area contributed by atoms with Gasteiger partial charge in [0, 0.05) is 32.7 Å². The van der Waals surface area contributed by atoms with Crippen LogP contribution in [0.5, 0.6) is 0 Å². The van der Waals surface area contributed by atoms with Gasteiger partial charge in [0.25, 0.3) is 0 Å². The van der Waals surface area contributed by atoms with Gasteiger partial charge in [-0.2, -0.15) is 0 Å². The van der Waals surface area contributed by atoms with E-state index in [0.29, 0.717) is 38.6 Å². The summed E-state index contributed by atoms with van der Waals surface area (Å²) in [6.45, 7) is 4.34. The lowest BCUT2D eigenvalue weighted by Gasteiger charge is -2.38.